The summed E-state index contributed by atoms with van der Waals surface area (Å²) in [5, 5.41) is 10.6. The van der Waals surface area contributed by atoms with Crippen LogP contribution in [0.3, 0.4) is 0 Å². The van der Waals surface area contributed by atoms with Crippen molar-refractivity contribution in [2.24, 2.45) is 0 Å². The van der Waals surface area contributed by atoms with Crippen LogP contribution >= 0.6 is 34.4 Å². The van der Waals surface area contributed by atoms with Crippen molar-refractivity contribution < 1.29 is 22.2 Å². The summed E-state index contributed by atoms with van der Waals surface area (Å²) in [6.45, 7) is 0. The molecule has 1 aromatic carbocycles. The Balaban J connectivity index is 0.000000368. The highest BCUT2D eigenvalue weighted by Gasteiger charge is 2.25. The van der Waals surface area contributed by atoms with E-state index in [-0.39, 0.29) is 10.6 Å². The molecule has 1 aliphatic carbocycles. The normalized spacial score (nSPS) is 13.7. The lowest BCUT2D eigenvalue weighted by molar-refractivity contribution is -0.384. The molecule has 0 N–H and O–H groups in total. The van der Waals surface area contributed by atoms with E-state index in [0.717, 1.165) is 4.90 Å². The van der Waals surface area contributed by atoms with E-state index in [1.165, 1.54) is 29.2 Å². The van der Waals surface area contributed by atoms with E-state index in [2.05, 4.69) is 0 Å². The number of hydrogen-bond acceptors (Lipinski definition) is 4. The molecule has 3 nitrogen and oxygen atoms in total. The van der Waals surface area contributed by atoms with Crippen molar-refractivity contribution in [3.63, 3.8) is 0 Å². The number of halogens is 4. The first-order valence-electron chi connectivity index (χ1n) is 6.96. The molecule has 0 saturated carbocycles. The van der Waals surface area contributed by atoms with Gasteiger partial charge >= 0.3 is 10.8 Å². The number of benzene rings is 1. The van der Waals surface area contributed by atoms with Crippen LogP contribution in [0.4, 0.5) is 23.0 Å². The number of nitrogens with zero attached hydrogens (tertiary/aromatic N) is 1. The SMILES string of the molecule is F[B-](F)(F)F.O=[N+]([O-])c1ccc(Sc2sc3c([s+]2)CCCC3)cc1. The number of non-ortho nitro benzene ring substituents is 1. The Morgan fingerprint density at radius 1 is 1.12 bits per heavy atom. The third-order valence-corrected chi connectivity index (χ3v) is 7.06. The van der Waals surface area contributed by atoms with Crippen molar-refractivity contribution in [2.45, 2.75) is 34.1 Å². The summed E-state index contributed by atoms with van der Waals surface area (Å²) in [4.78, 5) is 14.4. The van der Waals surface area contributed by atoms with Crippen LogP contribution in [0.1, 0.15) is 22.6 Å². The van der Waals surface area contributed by atoms with Gasteiger partial charge in [0.2, 0.25) is 0 Å². The third kappa shape index (κ3) is 6.37. The van der Waals surface area contributed by atoms with Gasteiger partial charge in [-0.1, -0.05) is 0 Å². The summed E-state index contributed by atoms with van der Waals surface area (Å²) in [5.41, 5.74) is 0.151. The zero-order chi connectivity index (χ0) is 17.7. The highest BCUT2D eigenvalue weighted by Crippen LogP contribution is 2.42. The molecule has 0 atom stereocenters. The third-order valence-electron chi connectivity index (χ3n) is 3.03. The maximum atomic E-state index is 10.6. The fourth-order valence-electron chi connectivity index (χ4n) is 2.06. The van der Waals surface area contributed by atoms with Gasteiger partial charge in [-0.25, -0.2) is 0 Å². The summed E-state index contributed by atoms with van der Waals surface area (Å²) in [6.07, 6.45) is 5.05. The van der Waals surface area contributed by atoms with Gasteiger partial charge in [0.05, 0.1) is 27.6 Å². The molecule has 1 heterocycles. The molecule has 0 fully saturated rings. The largest absolute Gasteiger partial charge is 0.673 e. The molecule has 0 aliphatic heterocycles. The van der Waals surface area contributed by atoms with Crippen LogP contribution in [0.5, 0.6) is 0 Å². The molecule has 1 aromatic heterocycles. The van der Waals surface area contributed by atoms with E-state index >= 15 is 0 Å². The lowest BCUT2D eigenvalue weighted by atomic mass is 10.1. The Labute approximate surface area is 148 Å². The van der Waals surface area contributed by atoms with Crippen molar-refractivity contribution in [1.29, 1.82) is 0 Å². The fraction of sp³-hybridized carbons (Fsp3) is 0.308. The molecule has 2 aromatic rings. The van der Waals surface area contributed by atoms with Crippen LogP contribution in [0, 0.1) is 10.1 Å². The van der Waals surface area contributed by atoms with Crippen molar-refractivity contribution in [3.8, 4) is 0 Å². The van der Waals surface area contributed by atoms with E-state index in [1.54, 1.807) is 33.6 Å². The molecule has 0 spiro atoms. The molecule has 11 heteroatoms. The maximum absolute atomic E-state index is 10.6. The second-order valence-corrected chi connectivity index (χ2v) is 8.92. The first kappa shape index (κ1) is 19.1. The number of fused-ring (bicyclic) bond motifs is 1. The number of rotatable bonds is 3. The molecule has 0 bridgehead atoms. The van der Waals surface area contributed by atoms with Crippen LogP contribution in [0.15, 0.2) is 32.7 Å². The van der Waals surface area contributed by atoms with Crippen molar-refractivity contribution in [1.82, 2.24) is 0 Å². The number of hydrogen-bond donors (Lipinski definition) is 0. The first-order valence-corrected chi connectivity index (χ1v) is 9.41. The quantitative estimate of drug-likeness (QED) is 0.200. The van der Waals surface area contributed by atoms with Gasteiger partial charge in [-0.05, 0) is 36.7 Å². The molecule has 0 saturated heterocycles. The van der Waals surface area contributed by atoms with E-state index in [9.17, 15) is 27.4 Å². The van der Waals surface area contributed by atoms with E-state index in [0.29, 0.717) is 0 Å². The van der Waals surface area contributed by atoms with Crippen LogP contribution in [-0.4, -0.2) is 12.2 Å². The molecule has 24 heavy (non-hydrogen) atoms. The van der Waals surface area contributed by atoms with Gasteiger partial charge < -0.3 is 17.3 Å². The zero-order valence-electron chi connectivity index (χ0n) is 12.2. The minimum atomic E-state index is -6.00. The average molecular weight is 397 g/mol. The van der Waals surface area contributed by atoms with Crippen molar-refractivity contribution >= 4 is 47.4 Å². The summed E-state index contributed by atoms with van der Waals surface area (Å²) >= 11 is 5.49. The van der Waals surface area contributed by atoms with Gasteiger partial charge in [0.15, 0.2) is 0 Å². The number of nitro benzene ring substituents is 1. The molecule has 1 aliphatic rings. The second-order valence-electron chi connectivity index (χ2n) is 4.86. The Kier molecular flexibility index (Phi) is 6.58. The van der Waals surface area contributed by atoms with E-state index < -0.39 is 7.25 Å². The van der Waals surface area contributed by atoms with Crippen LogP contribution < -0.4 is 0 Å². The predicted molar refractivity (Wildman–Crippen MR) is 90.7 cm³/mol. The molecule has 3 rings (SSSR count). The molecular formula is C13H12BF4NO2S3. The monoisotopic (exact) mass is 397 g/mol. The standard InChI is InChI=1S/C13H12NO2S3.BF4/c15-14(16)9-5-7-10(8-6-9)17-13-18-11-3-1-2-4-12(11)19-13;2-1(3,4)5/h5-8H,1-4H2;/q+1;-1. The minimum Gasteiger partial charge on any atom is -0.418 e. The average Bonchev–Trinajstić information content (AvgIpc) is 2.88. The second kappa shape index (κ2) is 8.26. The predicted octanol–water partition coefficient (Wildman–Crippen LogP) is 6.33. The lowest BCUT2D eigenvalue weighted by Gasteiger charge is -2.01. The smallest absolute Gasteiger partial charge is 0.418 e. The minimum absolute atomic E-state index is 0.151. The van der Waals surface area contributed by atoms with E-state index in [1.807, 2.05) is 34.8 Å². The number of nitro groups is 1. The molecule has 0 amide bonds. The van der Waals surface area contributed by atoms with Crippen LogP contribution in [0.2, 0.25) is 0 Å². The highest BCUT2D eigenvalue weighted by atomic mass is 32.2. The van der Waals surface area contributed by atoms with Gasteiger partial charge in [0, 0.05) is 29.9 Å². The van der Waals surface area contributed by atoms with Gasteiger partial charge in [-0.15, -0.1) is 0 Å². The van der Waals surface area contributed by atoms with Crippen LogP contribution in [-0.2, 0) is 12.8 Å². The Morgan fingerprint density at radius 3 is 2.25 bits per heavy atom. The molecule has 130 valence electrons. The fourth-order valence-corrected chi connectivity index (χ4v) is 6.39. The van der Waals surface area contributed by atoms with Crippen LogP contribution in [0.25, 0.3) is 0 Å². The van der Waals surface area contributed by atoms with Crippen molar-refractivity contribution in [3.05, 3.63) is 44.1 Å². The molecule has 0 radical (unpaired) electrons. The summed E-state index contributed by atoms with van der Waals surface area (Å²) in [5.74, 6) is 0. The maximum Gasteiger partial charge on any atom is 0.673 e. The Hall–Kier alpha value is -1.20. The van der Waals surface area contributed by atoms with E-state index in [4.69, 9.17) is 0 Å². The summed E-state index contributed by atoms with van der Waals surface area (Å²) < 4.78 is 40.3. The zero-order valence-corrected chi connectivity index (χ0v) is 14.7. The first-order chi connectivity index (χ1) is 11.2. The topological polar surface area (TPSA) is 43.1 Å². The Bertz CT molecular complexity index is 677. The van der Waals surface area contributed by atoms with Gasteiger partial charge in [-0.3, -0.25) is 10.1 Å². The van der Waals surface area contributed by atoms with Gasteiger partial charge in [-0.2, -0.15) is 0 Å². The lowest BCUT2D eigenvalue weighted by Crippen LogP contribution is -2.02. The summed E-state index contributed by atoms with van der Waals surface area (Å²) in [7, 11) is -6.00. The number of aryl methyl sites for hydroxylation is 2. The van der Waals surface area contributed by atoms with Gasteiger partial charge in [0.1, 0.15) is 9.75 Å². The summed E-state index contributed by atoms with van der Waals surface area (Å²) in [6, 6.07) is 6.80. The van der Waals surface area contributed by atoms with Gasteiger partial charge in [0.25, 0.3) is 5.69 Å². The molecular weight excluding hydrogens is 385 g/mol. The highest BCUT2D eigenvalue weighted by molar-refractivity contribution is 8.03. The Morgan fingerprint density at radius 2 is 1.71 bits per heavy atom. The van der Waals surface area contributed by atoms with Crippen molar-refractivity contribution in [2.75, 3.05) is 0 Å². The molecule has 0 unspecified atom stereocenters.